The maximum Gasteiger partial charge on any atom is 0.256 e. The fraction of sp³-hybridized carbons (Fsp3) is 0.520. The largest absolute Gasteiger partial charge is 0.391 e. The third-order valence-electron chi connectivity index (χ3n) is 7.64. The number of rotatable bonds is 5. The number of aromatic nitrogens is 1. The Labute approximate surface area is 214 Å². The molecular formula is C25H30N4O5S2. The average Bonchev–Trinajstić information content (AvgIpc) is 3.60. The van der Waals surface area contributed by atoms with E-state index in [-0.39, 0.29) is 24.8 Å². The van der Waals surface area contributed by atoms with E-state index in [1.54, 1.807) is 11.3 Å². The molecule has 4 heterocycles. The lowest BCUT2D eigenvalue weighted by molar-refractivity contribution is -0.134. The molecule has 5 rings (SSSR count). The van der Waals surface area contributed by atoms with Gasteiger partial charge in [-0.05, 0) is 37.8 Å². The van der Waals surface area contributed by atoms with Crippen molar-refractivity contribution in [2.45, 2.75) is 63.1 Å². The molecule has 2 saturated heterocycles. The number of hydrogen-bond acceptors (Lipinski definition) is 7. The van der Waals surface area contributed by atoms with E-state index in [1.807, 2.05) is 43.6 Å². The molecule has 0 spiro atoms. The maximum absolute atomic E-state index is 13.5. The monoisotopic (exact) mass is 530 g/mol. The highest BCUT2D eigenvalue weighted by Crippen LogP contribution is 2.39. The van der Waals surface area contributed by atoms with Crippen molar-refractivity contribution in [3.8, 4) is 10.4 Å². The zero-order chi connectivity index (χ0) is 25.8. The minimum absolute atomic E-state index is 0.102. The van der Waals surface area contributed by atoms with Crippen LogP contribution in [0.1, 0.15) is 43.9 Å². The molecule has 192 valence electrons. The van der Waals surface area contributed by atoms with E-state index >= 15 is 0 Å². The van der Waals surface area contributed by atoms with Crippen molar-refractivity contribution in [2.24, 2.45) is 4.99 Å². The molecule has 0 saturated carbocycles. The highest BCUT2D eigenvalue weighted by Gasteiger charge is 2.49. The Kier molecular flexibility index (Phi) is 6.39. The molecule has 1 unspecified atom stereocenters. The van der Waals surface area contributed by atoms with Crippen LogP contribution >= 0.6 is 11.3 Å². The zero-order valence-corrected chi connectivity index (χ0v) is 22.2. The smallest absolute Gasteiger partial charge is 0.256 e. The number of carbonyl (C=O) groups excluding carboxylic acids is 2. The van der Waals surface area contributed by atoms with E-state index < -0.39 is 33.6 Å². The van der Waals surface area contributed by atoms with Crippen molar-refractivity contribution in [3.05, 3.63) is 41.0 Å². The molecular weight excluding hydrogens is 500 g/mol. The summed E-state index contributed by atoms with van der Waals surface area (Å²) < 4.78 is 25.7. The second-order valence-corrected chi connectivity index (χ2v) is 13.0. The number of nitrogens with zero attached hydrogens (tertiary/aromatic N) is 4. The van der Waals surface area contributed by atoms with Gasteiger partial charge in [0.25, 0.3) is 5.91 Å². The summed E-state index contributed by atoms with van der Waals surface area (Å²) in [6.45, 7) is 4.24. The minimum Gasteiger partial charge on any atom is -0.391 e. The molecule has 4 atom stereocenters. The van der Waals surface area contributed by atoms with Crippen molar-refractivity contribution in [2.75, 3.05) is 19.3 Å². The van der Waals surface area contributed by atoms with Crippen LogP contribution in [0.4, 0.5) is 0 Å². The van der Waals surface area contributed by atoms with E-state index in [1.165, 1.54) is 9.21 Å². The van der Waals surface area contributed by atoms with E-state index in [0.717, 1.165) is 28.0 Å². The van der Waals surface area contributed by atoms with Gasteiger partial charge in [0.2, 0.25) is 15.9 Å². The molecule has 9 nitrogen and oxygen atoms in total. The van der Waals surface area contributed by atoms with Gasteiger partial charge in [-0.3, -0.25) is 9.59 Å². The summed E-state index contributed by atoms with van der Waals surface area (Å²) in [6, 6.07) is 6.56. The van der Waals surface area contributed by atoms with Gasteiger partial charge < -0.3 is 10.0 Å². The van der Waals surface area contributed by atoms with Crippen LogP contribution in [0.2, 0.25) is 0 Å². The number of amides is 2. The van der Waals surface area contributed by atoms with E-state index in [9.17, 15) is 23.1 Å². The van der Waals surface area contributed by atoms with Gasteiger partial charge in [-0.1, -0.05) is 24.3 Å². The zero-order valence-electron chi connectivity index (χ0n) is 20.5. The van der Waals surface area contributed by atoms with Crippen LogP contribution in [-0.4, -0.2) is 82.8 Å². The number of sulfonamides is 1. The molecule has 3 aliphatic heterocycles. The Morgan fingerprint density at radius 2 is 1.97 bits per heavy atom. The van der Waals surface area contributed by atoms with Crippen LogP contribution in [0.3, 0.4) is 0 Å². The van der Waals surface area contributed by atoms with E-state index in [4.69, 9.17) is 0 Å². The summed E-state index contributed by atoms with van der Waals surface area (Å²) >= 11 is 1.57. The molecule has 1 N–H and O–H groups in total. The van der Waals surface area contributed by atoms with Crippen LogP contribution in [0.5, 0.6) is 0 Å². The topological polar surface area (TPSA) is 120 Å². The maximum atomic E-state index is 13.5. The number of likely N-dealkylation sites (tertiary alicyclic amines) is 1. The number of benzene rings is 1. The number of β-amino-alcohol motifs (C(OH)–C–C–N with tert-alkyl or cyclic N) is 1. The van der Waals surface area contributed by atoms with Gasteiger partial charge in [0.15, 0.2) is 0 Å². The second kappa shape index (κ2) is 9.13. The Hall–Kier alpha value is -2.47. The van der Waals surface area contributed by atoms with Crippen molar-refractivity contribution in [1.82, 2.24) is 14.2 Å². The Morgan fingerprint density at radius 3 is 2.61 bits per heavy atom. The molecule has 1 aromatic heterocycles. The molecule has 0 radical (unpaired) electrons. The molecule has 1 aromatic carbocycles. The third kappa shape index (κ3) is 4.31. The van der Waals surface area contributed by atoms with Gasteiger partial charge in [0.05, 0.1) is 39.9 Å². The number of thiazole rings is 1. The van der Waals surface area contributed by atoms with Crippen molar-refractivity contribution in [3.63, 3.8) is 0 Å². The summed E-state index contributed by atoms with van der Waals surface area (Å²) in [5, 5.41) is 10.4. The van der Waals surface area contributed by atoms with Gasteiger partial charge in [-0.2, -0.15) is 4.31 Å². The Balaban J connectivity index is 1.37. The molecule has 2 amide bonds. The summed E-state index contributed by atoms with van der Waals surface area (Å²) in [4.78, 5) is 38.0. The second-order valence-electron chi connectivity index (χ2n) is 10.2. The molecule has 36 heavy (non-hydrogen) atoms. The minimum atomic E-state index is -3.53. The van der Waals surface area contributed by atoms with Gasteiger partial charge >= 0.3 is 0 Å². The molecule has 3 aliphatic rings. The molecule has 11 heteroatoms. The highest BCUT2D eigenvalue weighted by atomic mass is 32.2. The standard InChI is InChI=1S/C25H30N4O5S2/c1-15-22(35-14-26-15)16-6-8-17(9-7-16)25(2)12-19(27-24(25)32)21-11-18(30)13-28(21)23(31)20-5-4-10-29(20)36(3,33)34/h6-9,14,18,20-21,30H,4-5,10-13H2,1-3H3/t18-,20+,21?,25+/m1/s1. The van der Waals surface area contributed by atoms with Crippen LogP contribution in [0.15, 0.2) is 34.8 Å². The Bertz CT molecular complexity index is 1340. The van der Waals surface area contributed by atoms with Crippen LogP contribution in [0.25, 0.3) is 10.4 Å². The summed E-state index contributed by atoms with van der Waals surface area (Å²) in [7, 11) is -3.53. The first-order valence-electron chi connectivity index (χ1n) is 12.1. The summed E-state index contributed by atoms with van der Waals surface area (Å²) in [6.07, 6.45) is 2.04. The van der Waals surface area contributed by atoms with Gasteiger partial charge in [-0.25, -0.2) is 18.4 Å². The van der Waals surface area contributed by atoms with Crippen LogP contribution in [-0.2, 0) is 25.0 Å². The molecule has 2 aromatic rings. The van der Waals surface area contributed by atoms with Gasteiger partial charge in [0, 0.05) is 31.6 Å². The highest BCUT2D eigenvalue weighted by molar-refractivity contribution is 7.88. The van der Waals surface area contributed by atoms with Crippen LogP contribution < -0.4 is 0 Å². The predicted molar refractivity (Wildman–Crippen MR) is 137 cm³/mol. The molecule has 0 bridgehead atoms. The molecule has 2 fully saturated rings. The lowest BCUT2D eigenvalue weighted by Crippen LogP contribution is -2.51. The van der Waals surface area contributed by atoms with Crippen molar-refractivity contribution < 1.29 is 23.1 Å². The van der Waals surface area contributed by atoms with E-state index in [2.05, 4.69) is 9.98 Å². The lowest BCUT2D eigenvalue weighted by atomic mass is 9.78. The normalized spacial score (nSPS) is 29.2. The number of aryl methyl sites for hydroxylation is 1. The Morgan fingerprint density at radius 1 is 1.25 bits per heavy atom. The molecule has 0 aliphatic carbocycles. The first kappa shape index (κ1) is 25.2. The fourth-order valence-corrected chi connectivity index (χ4v) is 7.60. The fourth-order valence-electron chi connectivity index (χ4n) is 5.67. The predicted octanol–water partition coefficient (Wildman–Crippen LogP) is 2.13. The third-order valence-corrected chi connectivity index (χ3v) is 9.91. The average molecular weight is 531 g/mol. The number of aliphatic hydroxyl groups is 1. The quantitative estimate of drug-likeness (QED) is 0.632. The number of carbonyl (C=O) groups is 2. The van der Waals surface area contributed by atoms with Crippen molar-refractivity contribution >= 4 is 38.9 Å². The van der Waals surface area contributed by atoms with Gasteiger partial charge in [-0.15, -0.1) is 11.3 Å². The first-order chi connectivity index (χ1) is 17.0. The summed E-state index contributed by atoms with van der Waals surface area (Å²) in [5.74, 6) is -0.598. The number of aliphatic hydroxyl groups excluding tert-OH is 1. The van der Waals surface area contributed by atoms with Crippen LogP contribution in [0, 0.1) is 6.92 Å². The van der Waals surface area contributed by atoms with Gasteiger partial charge in [0.1, 0.15) is 6.04 Å². The lowest BCUT2D eigenvalue weighted by Gasteiger charge is -2.31. The summed E-state index contributed by atoms with van der Waals surface area (Å²) in [5.41, 5.74) is 4.35. The number of aliphatic imine (C=N–C) groups is 1. The van der Waals surface area contributed by atoms with E-state index in [0.29, 0.717) is 31.5 Å². The van der Waals surface area contributed by atoms with Crippen molar-refractivity contribution in [1.29, 1.82) is 0 Å². The SMILES string of the molecule is Cc1ncsc1-c1ccc([C@]2(C)CC(C3C[C@@H](O)CN3C(=O)[C@@H]3CCCN3S(C)(=O)=O)=NC2=O)cc1. The number of hydrogen-bond donors (Lipinski definition) is 1. The first-order valence-corrected chi connectivity index (χ1v) is 14.8.